The van der Waals surface area contributed by atoms with Gasteiger partial charge in [-0.05, 0) is 24.3 Å². The summed E-state index contributed by atoms with van der Waals surface area (Å²) >= 11 is 0. The number of hydrogen-bond donors (Lipinski definition) is 1. The molecule has 0 aliphatic heterocycles. The summed E-state index contributed by atoms with van der Waals surface area (Å²) in [4.78, 5) is 24.2. The summed E-state index contributed by atoms with van der Waals surface area (Å²) in [5.74, 6) is 0.923. The van der Waals surface area contributed by atoms with E-state index in [9.17, 15) is 9.59 Å². The Labute approximate surface area is 144 Å². The SMILES string of the molecule is COC(=O)NN(C(=O)Oc1ccccc1OC)c1ccccc1OC. The van der Waals surface area contributed by atoms with Crippen molar-refractivity contribution < 1.29 is 28.5 Å². The van der Waals surface area contributed by atoms with Gasteiger partial charge in [-0.2, -0.15) is 5.01 Å². The molecule has 2 aromatic rings. The van der Waals surface area contributed by atoms with E-state index in [0.717, 1.165) is 5.01 Å². The fraction of sp³-hybridized carbons (Fsp3) is 0.176. The molecule has 0 heterocycles. The first-order valence-electron chi connectivity index (χ1n) is 7.23. The van der Waals surface area contributed by atoms with Crippen LogP contribution in [-0.2, 0) is 4.74 Å². The molecule has 0 bridgehead atoms. The van der Waals surface area contributed by atoms with Gasteiger partial charge in [-0.3, -0.25) is 0 Å². The predicted octanol–water partition coefficient (Wildman–Crippen LogP) is 2.98. The molecule has 132 valence electrons. The normalized spacial score (nSPS) is 9.72. The van der Waals surface area contributed by atoms with Crippen molar-refractivity contribution in [2.75, 3.05) is 26.3 Å². The molecule has 0 aliphatic carbocycles. The first kappa shape index (κ1) is 17.9. The van der Waals surface area contributed by atoms with Crippen LogP contribution in [0, 0.1) is 0 Å². The number of carbonyl (C=O) groups excluding carboxylic acids is 2. The maximum atomic E-state index is 12.6. The number of benzene rings is 2. The molecule has 0 unspecified atom stereocenters. The first-order valence-corrected chi connectivity index (χ1v) is 7.23. The van der Waals surface area contributed by atoms with Crippen molar-refractivity contribution in [2.24, 2.45) is 0 Å². The number of para-hydroxylation sites is 4. The molecule has 0 aromatic heterocycles. The van der Waals surface area contributed by atoms with Gasteiger partial charge in [0.05, 0.1) is 21.3 Å². The van der Waals surface area contributed by atoms with Gasteiger partial charge in [0, 0.05) is 0 Å². The minimum atomic E-state index is -0.876. The van der Waals surface area contributed by atoms with Gasteiger partial charge in [-0.1, -0.05) is 24.3 Å². The Morgan fingerprint density at radius 2 is 1.40 bits per heavy atom. The van der Waals surface area contributed by atoms with E-state index >= 15 is 0 Å². The van der Waals surface area contributed by atoms with Crippen molar-refractivity contribution in [1.82, 2.24) is 5.43 Å². The first-order chi connectivity index (χ1) is 12.1. The molecule has 0 radical (unpaired) electrons. The molecule has 8 heteroatoms. The Bertz CT molecular complexity index is 749. The van der Waals surface area contributed by atoms with E-state index in [1.54, 1.807) is 48.5 Å². The molecular formula is C17H18N2O6. The summed E-state index contributed by atoms with van der Waals surface area (Å²) in [6, 6.07) is 13.3. The summed E-state index contributed by atoms with van der Waals surface area (Å²) in [7, 11) is 4.08. The third-order valence-corrected chi connectivity index (χ3v) is 3.16. The lowest BCUT2D eigenvalue weighted by molar-refractivity contribution is 0.165. The van der Waals surface area contributed by atoms with Gasteiger partial charge in [-0.25, -0.2) is 15.0 Å². The minimum Gasteiger partial charge on any atom is -0.494 e. The monoisotopic (exact) mass is 346 g/mol. The largest absolute Gasteiger partial charge is 0.494 e. The van der Waals surface area contributed by atoms with Gasteiger partial charge in [-0.15, -0.1) is 0 Å². The van der Waals surface area contributed by atoms with E-state index in [-0.39, 0.29) is 11.4 Å². The highest BCUT2D eigenvalue weighted by molar-refractivity contribution is 5.93. The Balaban J connectivity index is 2.34. The van der Waals surface area contributed by atoms with Crippen molar-refractivity contribution in [2.45, 2.75) is 0 Å². The van der Waals surface area contributed by atoms with Crippen LogP contribution in [0.4, 0.5) is 15.3 Å². The van der Waals surface area contributed by atoms with Gasteiger partial charge in [0.25, 0.3) is 0 Å². The number of nitrogens with one attached hydrogen (secondary N) is 1. The number of hydrazine groups is 1. The van der Waals surface area contributed by atoms with E-state index in [4.69, 9.17) is 14.2 Å². The van der Waals surface area contributed by atoms with Crippen LogP contribution in [0.5, 0.6) is 17.2 Å². The number of anilines is 1. The van der Waals surface area contributed by atoms with Gasteiger partial charge in [0.2, 0.25) is 0 Å². The lowest BCUT2D eigenvalue weighted by Gasteiger charge is -2.23. The van der Waals surface area contributed by atoms with Crippen LogP contribution in [0.25, 0.3) is 0 Å². The second kappa shape index (κ2) is 8.44. The summed E-state index contributed by atoms with van der Waals surface area (Å²) in [5, 5.41) is 0.886. The molecule has 0 fully saturated rings. The molecule has 0 aliphatic rings. The summed E-state index contributed by atoms with van der Waals surface area (Å²) < 4.78 is 20.3. The molecule has 2 amide bonds. The van der Waals surface area contributed by atoms with Crippen molar-refractivity contribution in [3.8, 4) is 17.2 Å². The topological polar surface area (TPSA) is 86.3 Å². The van der Waals surface area contributed by atoms with Gasteiger partial charge < -0.3 is 18.9 Å². The lowest BCUT2D eigenvalue weighted by Crippen LogP contribution is -2.48. The Morgan fingerprint density at radius 3 is 2.00 bits per heavy atom. The number of nitrogens with zero attached hydrogens (tertiary/aromatic N) is 1. The Kier molecular flexibility index (Phi) is 6.05. The highest BCUT2D eigenvalue weighted by atomic mass is 16.6. The predicted molar refractivity (Wildman–Crippen MR) is 90.0 cm³/mol. The third kappa shape index (κ3) is 4.31. The fourth-order valence-electron chi connectivity index (χ4n) is 2.00. The van der Waals surface area contributed by atoms with E-state index < -0.39 is 12.2 Å². The molecule has 8 nitrogen and oxygen atoms in total. The maximum absolute atomic E-state index is 12.6. The quantitative estimate of drug-likeness (QED) is 0.857. The van der Waals surface area contributed by atoms with E-state index in [1.807, 2.05) is 0 Å². The molecule has 0 spiro atoms. The molecule has 2 aromatic carbocycles. The van der Waals surface area contributed by atoms with Crippen LogP contribution in [0.1, 0.15) is 0 Å². The van der Waals surface area contributed by atoms with Gasteiger partial charge >= 0.3 is 12.2 Å². The molecular weight excluding hydrogens is 328 g/mol. The van der Waals surface area contributed by atoms with E-state index in [2.05, 4.69) is 10.2 Å². The van der Waals surface area contributed by atoms with Gasteiger partial charge in [0.15, 0.2) is 11.5 Å². The Morgan fingerprint density at radius 1 is 0.840 bits per heavy atom. The second-order valence-electron chi connectivity index (χ2n) is 4.63. The molecule has 0 saturated carbocycles. The number of carbonyl (C=O) groups is 2. The highest BCUT2D eigenvalue weighted by Gasteiger charge is 2.25. The molecule has 1 N–H and O–H groups in total. The standard InChI is InChI=1S/C17H18N2O6/c1-22-13-9-5-4-8-12(13)19(18-16(20)24-3)17(21)25-15-11-7-6-10-14(15)23-2/h4-11H,1-3H3,(H,18,20). The summed E-state index contributed by atoms with van der Waals surface area (Å²) in [5.41, 5.74) is 2.57. The van der Waals surface area contributed by atoms with Crippen LogP contribution in [0.3, 0.4) is 0 Å². The number of methoxy groups -OCH3 is 3. The second-order valence-corrected chi connectivity index (χ2v) is 4.63. The van der Waals surface area contributed by atoms with Gasteiger partial charge in [0.1, 0.15) is 11.4 Å². The van der Waals surface area contributed by atoms with Crippen LogP contribution in [-0.4, -0.2) is 33.5 Å². The summed E-state index contributed by atoms with van der Waals surface area (Å²) in [6.45, 7) is 0. The molecule has 25 heavy (non-hydrogen) atoms. The van der Waals surface area contributed by atoms with E-state index in [0.29, 0.717) is 11.5 Å². The zero-order valence-corrected chi connectivity index (χ0v) is 14.0. The maximum Gasteiger partial charge on any atom is 0.439 e. The average molecular weight is 346 g/mol. The van der Waals surface area contributed by atoms with Crippen molar-refractivity contribution in [3.63, 3.8) is 0 Å². The average Bonchev–Trinajstić information content (AvgIpc) is 2.66. The third-order valence-electron chi connectivity index (χ3n) is 3.16. The molecule has 0 atom stereocenters. The smallest absolute Gasteiger partial charge is 0.439 e. The zero-order chi connectivity index (χ0) is 18.2. The number of hydrogen-bond acceptors (Lipinski definition) is 6. The molecule has 2 rings (SSSR count). The number of rotatable bonds is 4. The fourth-order valence-corrected chi connectivity index (χ4v) is 2.00. The van der Waals surface area contributed by atoms with Crippen molar-refractivity contribution in [1.29, 1.82) is 0 Å². The van der Waals surface area contributed by atoms with Crippen LogP contribution >= 0.6 is 0 Å². The van der Waals surface area contributed by atoms with Crippen molar-refractivity contribution >= 4 is 17.9 Å². The molecule has 0 saturated heterocycles. The zero-order valence-electron chi connectivity index (χ0n) is 14.0. The van der Waals surface area contributed by atoms with Crippen molar-refractivity contribution in [3.05, 3.63) is 48.5 Å². The summed E-state index contributed by atoms with van der Waals surface area (Å²) in [6.07, 6.45) is -1.72. The van der Waals surface area contributed by atoms with E-state index in [1.165, 1.54) is 21.3 Å². The highest BCUT2D eigenvalue weighted by Crippen LogP contribution is 2.30. The number of ether oxygens (including phenoxy) is 4. The van der Waals surface area contributed by atoms with Crippen LogP contribution in [0.2, 0.25) is 0 Å². The Hall–Kier alpha value is -3.42. The van der Waals surface area contributed by atoms with Crippen LogP contribution in [0.15, 0.2) is 48.5 Å². The van der Waals surface area contributed by atoms with Crippen LogP contribution < -0.4 is 24.6 Å². The number of amides is 2. The lowest BCUT2D eigenvalue weighted by atomic mass is 10.3. The minimum absolute atomic E-state index is 0.196.